The summed E-state index contributed by atoms with van der Waals surface area (Å²) in [6.45, 7) is 5.84. The molecule has 25 heavy (non-hydrogen) atoms. The zero-order chi connectivity index (χ0) is 18.1. The van der Waals surface area contributed by atoms with Crippen LogP contribution in [0.5, 0.6) is 0 Å². The second kappa shape index (κ2) is 6.47. The molecule has 1 amide bonds. The van der Waals surface area contributed by atoms with E-state index in [4.69, 9.17) is 0 Å². The number of hydrogen-bond donors (Lipinski definition) is 1. The molecule has 0 aliphatic heterocycles. The van der Waals surface area contributed by atoms with Gasteiger partial charge < -0.3 is 9.88 Å². The molecule has 0 fully saturated rings. The van der Waals surface area contributed by atoms with E-state index in [9.17, 15) is 14.0 Å². The van der Waals surface area contributed by atoms with Crippen molar-refractivity contribution in [1.29, 1.82) is 0 Å². The van der Waals surface area contributed by atoms with Crippen molar-refractivity contribution in [2.24, 2.45) is 0 Å². The summed E-state index contributed by atoms with van der Waals surface area (Å²) >= 11 is 0. The van der Waals surface area contributed by atoms with Gasteiger partial charge in [-0.2, -0.15) is 0 Å². The number of carbonyl (C=O) groups excluding carboxylic acids is 1. The van der Waals surface area contributed by atoms with Crippen LogP contribution in [0.25, 0.3) is 11.0 Å². The Morgan fingerprint density at radius 1 is 1.20 bits per heavy atom. The summed E-state index contributed by atoms with van der Waals surface area (Å²) < 4.78 is 15.0. The first-order chi connectivity index (χ1) is 11.9. The molecule has 6 heteroatoms. The van der Waals surface area contributed by atoms with Crippen molar-refractivity contribution in [3.05, 3.63) is 69.4 Å². The van der Waals surface area contributed by atoms with Gasteiger partial charge in [-0.25, -0.2) is 9.37 Å². The van der Waals surface area contributed by atoms with Crippen molar-refractivity contribution in [2.45, 2.75) is 27.3 Å². The smallest absolute Gasteiger partial charge is 0.272 e. The van der Waals surface area contributed by atoms with Crippen LogP contribution in [-0.2, 0) is 6.54 Å². The highest BCUT2D eigenvalue weighted by Crippen LogP contribution is 2.19. The molecule has 5 nitrogen and oxygen atoms in total. The third-order valence-corrected chi connectivity index (χ3v) is 4.14. The third-order valence-electron chi connectivity index (χ3n) is 4.14. The number of halogens is 1. The van der Waals surface area contributed by atoms with E-state index in [-0.39, 0.29) is 11.5 Å². The van der Waals surface area contributed by atoms with Gasteiger partial charge in [0.15, 0.2) is 0 Å². The predicted molar refractivity (Wildman–Crippen MR) is 95.5 cm³/mol. The highest BCUT2D eigenvalue weighted by atomic mass is 19.1. The summed E-state index contributed by atoms with van der Waals surface area (Å²) in [5.41, 5.74) is 3.08. The Kier molecular flexibility index (Phi) is 4.35. The maximum atomic E-state index is 13.4. The van der Waals surface area contributed by atoms with Gasteiger partial charge in [-0.3, -0.25) is 9.59 Å². The number of amides is 1. The lowest BCUT2D eigenvalue weighted by Gasteiger charge is -2.11. The van der Waals surface area contributed by atoms with Gasteiger partial charge in [0.2, 0.25) is 0 Å². The number of fused-ring (bicyclic) bond motifs is 1. The number of aryl methyl sites for hydroxylation is 3. The molecule has 1 heterocycles. The Bertz CT molecular complexity index is 1040. The fourth-order valence-corrected chi connectivity index (χ4v) is 2.75. The lowest BCUT2D eigenvalue weighted by Crippen LogP contribution is -2.23. The van der Waals surface area contributed by atoms with Crippen LogP contribution < -0.4 is 10.9 Å². The lowest BCUT2D eigenvalue weighted by molar-refractivity contribution is 0.102. The maximum Gasteiger partial charge on any atom is 0.272 e. The number of benzene rings is 2. The van der Waals surface area contributed by atoms with Crippen molar-refractivity contribution < 1.29 is 9.18 Å². The average molecular weight is 339 g/mol. The van der Waals surface area contributed by atoms with E-state index in [1.807, 2.05) is 6.92 Å². The average Bonchev–Trinajstić information content (AvgIpc) is 2.59. The molecule has 1 aromatic heterocycles. The first-order valence-electron chi connectivity index (χ1n) is 7.99. The number of nitrogens with zero attached hydrogens (tertiary/aromatic N) is 2. The second-order valence-corrected chi connectivity index (χ2v) is 5.86. The fourth-order valence-electron chi connectivity index (χ4n) is 2.75. The molecular formula is C19H18FN3O2. The summed E-state index contributed by atoms with van der Waals surface area (Å²) in [5.74, 6) is -0.770. The van der Waals surface area contributed by atoms with Gasteiger partial charge in [-0.05, 0) is 56.7 Å². The molecular weight excluding hydrogens is 321 g/mol. The molecule has 0 aliphatic rings. The number of anilines is 1. The molecule has 0 spiro atoms. The zero-order valence-corrected chi connectivity index (χ0v) is 14.3. The van der Waals surface area contributed by atoms with Gasteiger partial charge in [0, 0.05) is 17.8 Å². The Labute approximate surface area is 144 Å². The van der Waals surface area contributed by atoms with E-state index < -0.39 is 5.82 Å². The molecule has 3 aromatic rings. The van der Waals surface area contributed by atoms with Gasteiger partial charge in [-0.15, -0.1) is 0 Å². The largest absolute Gasteiger partial charge is 0.322 e. The SMILES string of the molecule is CCn1c(=O)c(C)nc2cc(C(=O)Nc3cc(F)ccc3C)ccc21. The van der Waals surface area contributed by atoms with Crippen LogP contribution in [-0.4, -0.2) is 15.5 Å². The van der Waals surface area contributed by atoms with E-state index in [2.05, 4.69) is 10.3 Å². The third kappa shape index (κ3) is 3.15. The molecule has 3 rings (SSSR count). The van der Waals surface area contributed by atoms with Crippen LogP contribution in [0.1, 0.15) is 28.5 Å². The Hall–Kier alpha value is -3.02. The van der Waals surface area contributed by atoms with Crippen LogP contribution in [0.4, 0.5) is 10.1 Å². The first-order valence-corrected chi connectivity index (χ1v) is 7.99. The van der Waals surface area contributed by atoms with Gasteiger partial charge in [0.25, 0.3) is 11.5 Å². The normalized spacial score (nSPS) is 10.9. The summed E-state index contributed by atoms with van der Waals surface area (Å²) in [5, 5.41) is 2.71. The minimum absolute atomic E-state index is 0.136. The molecule has 2 aromatic carbocycles. The van der Waals surface area contributed by atoms with Crippen molar-refractivity contribution in [3.8, 4) is 0 Å². The number of rotatable bonds is 3. The summed E-state index contributed by atoms with van der Waals surface area (Å²) in [6.07, 6.45) is 0. The highest BCUT2D eigenvalue weighted by molar-refractivity contribution is 6.06. The van der Waals surface area contributed by atoms with Gasteiger partial charge in [0.05, 0.1) is 11.0 Å². The van der Waals surface area contributed by atoms with E-state index >= 15 is 0 Å². The fraction of sp³-hybridized carbons (Fsp3) is 0.211. The summed E-state index contributed by atoms with van der Waals surface area (Å²) in [7, 11) is 0. The van der Waals surface area contributed by atoms with Crippen molar-refractivity contribution in [2.75, 3.05) is 5.32 Å². The monoisotopic (exact) mass is 339 g/mol. The molecule has 0 atom stereocenters. The van der Waals surface area contributed by atoms with Crippen LogP contribution in [0.3, 0.4) is 0 Å². The topological polar surface area (TPSA) is 64.0 Å². The van der Waals surface area contributed by atoms with Crippen molar-refractivity contribution in [3.63, 3.8) is 0 Å². The van der Waals surface area contributed by atoms with E-state index in [1.165, 1.54) is 12.1 Å². The lowest BCUT2D eigenvalue weighted by atomic mass is 10.1. The summed E-state index contributed by atoms with van der Waals surface area (Å²) in [4.78, 5) is 28.9. The van der Waals surface area contributed by atoms with Crippen molar-refractivity contribution in [1.82, 2.24) is 9.55 Å². The highest BCUT2D eigenvalue weighted by Gasteiger charge is 2.12. The van der Waals surface area contributed by atoms with E-state index in [1.54, 1.807) is 42.7 Å². The quantitative estimate of drug-likeness (QED) is 0.795. The van der Waals surface area contributed by atoms with Crippen molar-refractivity contribution >= 4 is 22.6 Å². The minimum Gasteiger partial charge on any atom is -0.322 e. The van der Waals surface area contributed by atoms with Crippen LogP contribution in [0.15, 0.2) is 41.2 Å². The maximum absolute atomic E-state index is 13.4. The number of hydrogen-bond acceptors (Lipinski definition) is 3. The predicted octanol–water partition coefficient (Wildman–Crippen LogP) is 3.42. The van der Waals surface area contributed by atoms with Crippen LogP contribution in [0, 0.1) is 19.7 Å². The van der Waals surface area contributed by atoms with E-state index in [0.29, 0.717) is 34.5 Å². The van der Waals surface area contributed by atoms with Gasteiger partial charge >= 0.3 is 0 Å². The molecule has 0 saturated carbocycles. The number of aromatic nitrogens is 2. The Balaban J connectivity index is 2.01. The Morgan fingerprint density at radius 2 is 1.96 bits per heavy atom. The zero-order valence-electron chi connectivity index (χ0n) is 14.3. The molecule has 0 bridgehead atoms. The Morgan fingerprint density at radius 3 is 2.68 bits per heavy atom. The second-order valence-electron chi connectivity index (χ2n) is 5.86. The molecule has 0 saturated heterocycles. The van der Waals surface area contributed by atoms with Gasteiger partial charge in [-0.1, -0.05) is 6.07 Å². The first kappa shape index (κ1) is 16.8. The number of carbonyl (C=O) groups is 1. The standard InChI is InChI=1S/C19H18FN3O2/c1-4-23-17-8-6-13(9-16(17)21-12(3)19(23)25)18(24)22-15-10-14(20)7-5-11(15)2/h5-10H,4H2,1-3H3,(H,22,24). The van der Waals surface area contributed by atoms with Crippen LogP contribution in [0.2, 0.25) is 0 Å². The van der Waals surface area contributed by atoms with E-state index in [0.717, 1.165) is 5.56 Å². The van der Waals surface area contributed by atoms with Crippen LogP contribution >= 0.6 is 0 Å². The molecule has 128 valence electrons. The minimum atomic E-state index is -0.413. The molecule has 1 N–H and O–H groups in total. The summed E-state index contributed by atoms with van der Waals surface area (Å²) in [6, 6.07) is 9.21. The molecule has 0 radical (unpaired) electrons. The number of nitrogens with one attached hydrogen (secondary N) is 1. The van der Waals surface area contributed by atoms with Gasteiger partial charge in [0.1, 0.15) is 11.5 Å². The molecule has 0 unspecified atom stereocenters. The molecule has 0 aliphatic carbocycles.